The number of amides is 2. The fourth-order valence-corrected chi connectivity index (χ4v) is 3.45. The first-order valence-electron chi connectivity index (χ1n) is 6.49. The lowest BCUT2D eigenvalue weighted by Crippen LogP contribution is -2.47. The largest absolute Gasteiger partial charge is 0.366 e. The minimum atomic E-state index is -3.76. The van der Waals surface area contributed by atoms with Gasteiger partial charge in [0.05, 0.1) is 4.90 Å². The third-order valence-electron chi connectivity index (χ3n) is 3.37. The van der Waals surface area contributed by atoms with E-state index < -0.39 is 15.9 Å². The smallest absolute Gasteiger partial charge is 0.249 e. The van der Waals surface area contributed by atoms with Gasteiger partial charge in [0.2, 0.25) is 21.8 Å². The Morgan fingerprint density at radius 2 is 2.14 bits per heavy atom. The van der Waals surface area contributed by atoms with Crippen LogP contribution in [0.15, 0.2) is 23.1 Å². The van der Waals surface area contributed by atoms with Gasteiger partial charge in [0.15, 0.2) is 0 Å². The normalized spacial score (nSPS) is 19.1. The van der Waals surface area contributed by atoms with E-state index in [0.29, 0.717) is 12.0 Å². The van der Waals surface area contributed by atoms with E-state index in [1.807, 2.05) is 0 Å². The molecule has 21 heavy (non-hydrogen) atoms. The zero-order chi connectivity index (χ0) is 15.6. The molecule has 1 fully saturated rings. The number of piperidine rings is 1. The first-order chi connectivity index (χ1) is 9.79. The van der Waals surface area contributed by atoms with Crippen molar-refractivity contribution in [2.24, 2.45) is 5.73 Å². The van der Waals surface area contributed by atoms with Crippen LogP contribution in [0.1, 0.15) is 28.8 Å². The number of primary amides is 1. The Morgan fingerprint density at radius 1 is 1.43 bits per heavy atom. The van der Waals surface area contributed by atoms with Gasteiger partial charge in [0, 0.05) is 24.6 Å². The Hall–Kier alpha value is -1.93. The van der Waals surface area contributed by atoms with Crippen LogP contribution in [-0.4, -0.2) is 32.8 Å². The molecule has 0 bridgehead atoms. The van der Waals surface area contributed by atoms with Crippen LogP contribution >= 0.6 is 0 Å². The summed E-state index contributed by atoms with van der Waals surface area (Å²) in [6, 6.07) is 3.87. The van der Waals surface area contributed by atoms with Gasteiger partial charge in [0.25, 0.3) is 0 Å². The van der Waals surface area contributed by atoms with Crippen molar-refractivity contribution in [3.63, 3.8) is 0 Å². The zero-order valence-corrected chi connectivity index (χ0v) is 12.4. The first-order valence-corrected chi connectivity index (χ1v) is 7.97. The summed E-state index contributed by atoms with van der Waals surface area (Å²) in [6.45, 7) is 1.94. The third kappa shape index (κ3) is 3.59. The monoisotopic (exact) mass is 311 g/mol. The molecule has 0 spiro atoms. The van der Waals surface area contributed by atoms with Gasteiger partial charge in [0.1, 0.15) is 0 Å². The molecule has 4 N–H and O–H groups in total. The molecule has 114 valence electrons. The van der Waals surface area contributed by atoms with E-state index in [2.05, 4.69) is 10.0 Å². The highest BCUT2D eigenvalue weighted by Crippen LogP contribution is 2.16. The number of hydrogen-bond donors (Lipinski definition) is 3. The van der Waals surface area contributed by atoms with Gasteiger partial charge in [-0.15, -0.1) is 0 Å². The molecule has 1 aromatic rings. The number of hydrogen-bond acceptors (Lipinski definition) is 4. The molecular weight excluding hydrogens is 294 g/mol. The molecule has 0 aliphatic carbocycles. The lowest BCUT2D eigenvalue weighted by molar-refractivity contribution is -0.122. The minimum Gasteiger partial charge on any atom is -0.366 e. The van der Waals surface area contributed by atoms with E-state index in [1.54, 1.807) is 6.92 Å². The lowest BCUT2D eigenvalue weighted by Gasteiger charge is -2.23. The Morgan fingerprint density at radius 3 is 2.71 bits per heavy atom. The van der Waals surface area contributed by atoms with E-state index in [9.17, 15) is 18.0 Å². The molecule has 1 aromatic carbocycles. The molecular formula is C13H17N3O4S. The lowest BCUT2D eigenvalue weighted by atomic mass is 10.1. The van der Waals surface area contributed by atoms with Crippen LogP contribution < -0.4 is 15.8 Å². The maximum atomic E-state index is 12.3. The highest BCUT2D eigenvalue weighted by Gasteiger charge is 2.24. The van der Waals surface area contributed by atoms with Crippen molar-refractivity contribution in [2.75, 3.05) is 6.54 Å². The predicted molar refractivity (Wildman–Crippen MR) is 76.1 cm³/mol. The van der Waals surface area contributed by atoms with E-state index in [0.717, 1.165) is 0 Å². The second kappa shape index (κ2) is 5.82. The quantitative estimate of drug-likeness (QED) is 0.704. The summed E-state index contributed by atoms with van der Waals surface area (Å²) in [5.41, 5.74) is 6.02. The molecule has 0 radical (unpaired) electrons. The predicted octanol–water partition coefficient (Wildman–Crippen LogP) is -0.349. The first kappa shape index (κ1) is 15.5. The maximum Gasteiger partial charge on any atom is 0.249 e. The summed E-state index contributed by atoms with van der Waals surface area (Å²) in [6.07, 6.45) is 0.729. The van der Waals surface area contributed by atoms with Crippen LogP contribution in [-0.2, 0) is 14.8 Å². The minimum absolute atomic E-state index is 0.0150. The maximum absolute atomic E-state index is 12.3. The number of aryl methyl sites for hydroxylation is 1. The fraction of sp³-hybridized carbons (Fsp3) is 0.385. The number of sulfonamides is 1. The number of nitrogens with two attached hydrogens (primary N) is 1. The summed E-state index contributed by atoms with van der Waals surface area (Å²) >= 11 is 0. The number of rotatable bonds is 4. The van der Waals surface area contributed by atoms with Gasteiger partial charge in [-0.1, -0.05) is 6.07 Å². The molecule has 7 nitrogen and oxygen atoms in total. The summed E-state index contributed by atoms with van der Waals surface area (Å²) in [7, 11) is -3.76. The van der Waals surface area contributed by atoms with Crippen molar-refractivity contribution in [1.29, 1.82) is 0 Å². The van der Waals surface area contributed by atoms with Crippen LogP contribution in [0.5, 0.6) is 0 Å². The van der Waals surface area contributed by atoms with Gasteiger partial charge in [-0.2, -0.15) is 0 Å². The highest BCUT2D eigenvalue weighted by atomic mass is 32.2. The van der Waals surface area contributed by atoms with E-state index in [-0.39, 0.29) is 35.4 Å². The van der Waals surface area contributed by atoms with Crippen LogP contribution in [0.25, 0.3) is 0 Å². The van der Waals surface area contributed by atoms with Gasteiger partial charge < -0.3 is 11.1 Å². The number of nitrogens with one attached hydrogen (secondary N) is 2. The van der Waals surface area contributed by atoms with Crippen molar-refractivity contribution in [2.45, 2.75) is 30.7 Å². The second-order valence-electron chi connectivity index (χ2n) is 5.00. The third-order valence-corrected chi connectivity index (χ3v) is 4.89. The van der Waals surface area contributed by atoms with Crippen LogP contribution in [0.2, 0.25) is 0 Å². The molecule has 1 aliphatic rings. The standard InChI is InChI=1S/C13H17N3O4S/c1-8-2-4-10(6-11(8)13(14)18)21(19,20)16-9-3-5-12(17)15-7-9/h2,4,6,9,16H,3,5,7H2,1H3,(H2,14,18)(H,15,17). The van der Waals surface area contributed by atoms with Crippen LogP contribution in [0.3, 0.4) is 0 Å². The van der Waals surface area contributed by atoms with Crippen molar-refractivity contribution < 1.29 is 18.0 Å². The molecule has 0 aromatic heterocycles. The van der Waals surface area contributed by atoms with E-state index in [4.69, 9.17) is 5.73 Å². The van der Waals surface area contributed by atoms with Gasteiger partial charge in [-0.05, 0) is 31.0 Å². The molecule has 2 amide bonds. The van der Waals surface area contributed by atoms with Crippen LogP contribution in [0.4, 0.5) is 0 Å². The fourth-order valence-electron chi connectivity index (χ4n) is 2.15. The van der Waals surface area contributed by atoms with Crippen molar-refractivity contribution in [3.05, 3.63) is 29.3 Å². The van der Waals surface area contributed by atoms with E-state index in [1.165, 1.54) is 18.2 Å². The summed E-state index contributed by atoms with van der Waals surface area (Å²) in [5, 5.41) is 2.60. The molecule has 1 heterocycles. The molecule has 1 atom stereocenters. The SMILES string of the molecule is Cc1ccc(S(=O)(=O)NC2CCC(=O)NC2)cc1C(N)=O. The van der Waals surface area contributed by atoms with Crippen LogP contribution in [0, 0.1) is 6.92 Å². The van der Waals surface area contributed by atoms with Gasteiger partial charge in [-0.25, -0.2) is 13.1 Å². The molecule has 1 unspecified atom stereocenters. The van der Waals surface area contributed by atoms with Crippen molar-refractivity contribution in [3.8, 4) is 0 Å². The highest BCUT2D eigenvalue weighted by molar-refractivity contribution is 7.89. The second-order valence-corrected chi connectivity index (χ2v) is 6.72. The Labute approximate surface area is 123 Å². The zero-order valence-electron chi connectivity index (χ0n) is 11.5. The average molecular weight is 311 g/mol. The Balaban J connectivity index is 2.21. The average Bonchev–Trinajstić information content (AvgIpc) is 2.41. The molecule has 0 saturated carbocycles. The molecule has 8 heteroatoms. The molecule has 1 aliphatic heterocycles. The van der Waals surface area contributed by atoms with E-state index >= 15 is 0 Å². The summed E-state index contributed by atoms with van der Waals surface area (Å²) < 4.78 is 27.1. The Bertz CT molecular complexity index is 675. The summed E-state index contributed by atoms with van der Waals surface area (Å²) in [5.74, 6) is -0.758. The molecule has 2 rings (SSSR count). The number of carbonyl (C=O) groups excluding carboxylic acids is 2. The molecule has 1 saturated heterocycles. The van der Waals surface area contributed by atoms with Crippen molar-refractivity contribution in [1.82, 2.24) is 10.0 Å². The number of benzene rings is 1. The Kier molecular flexibility index (Phi) is 4.29. The van der Waals surface area contributed by atoms with Gasteiger partial charge >= 0.3 is 0 Å². The number of carbonyl (C=O) groups is 2. The van der Waals surface area contributed by atoms with Crippen molar-refractivity contribution >= 4 is 21.8 Å². The summed E-state index contributed by atoms with van der Waals surface area (Å²) in [4.78, 5) is 22.3. The van der Waals surface area contributed by atoms with Gasteiger partial charge in [-0.3, -0.25) is 9.59 Å². The topological polar surface area (TPSA) is 118 Å².